The van der Waals surface area contributed by atoms with Crippen molar-refractivity contribution < 1.29 is 0 Å². The standard InChI is InChI=1S/C12H26N2/c1-3-11(10-13)14(2)12-8-6-4-5-7-9-12/h11-12H,3-10,13H2,1-2H3. The van der Waals surface area contributed by atoms with Gasteiger partial charge in [0.15, 0.2) is 0 Å². The molecule has 2 heteroatoms. The first-order valence-electron chi connectivity index (χ1n) is 6.21. The maximum absolute atomic E-state index is 5.79. The minimum Gasteiger partial charge on any atom is -0.329 e. The van der Waals surface area contributed by atoms with Crippen LogP contribution in [0.2, 0.25) is 0 Å². The van der Waals surface area contributed by atoms with Crippen LogP contribution in [0.25, 0.3) is 0 Å². The second-order valence-electron chi connectivity index (χ2n) is 4.61. The molecule has 0 spiro atoms. The molecular formula is C12H26N2. The zero-order valence-corrected chi connectivity index (χ0v) is 9.84. The van der Waals surface area contributed by atoms with Crippen molar-refractivity contribution in [3.63, 3.8) is 0 Å². The zero-order chi connectivity index (χ0) is 10.4. The molecule has 1 fully saturated rings. The van der Waals surface area contributed by atoms with Crippen LogP contribution in [0.5, 0.6) is 0 Å². The first kappa shape index (κ1) is 12.0. The molecule has 1 aliphatic carbocycles. The number of nitrogens with two attached hydrogens (primary N) is 1. The number of hydrogen-bond donors (Lipinski definition) is 1. The fourth-order valence-corrected chi connectivity index (χ4v) is 2.58. The molecule has 0 radical (unpaired) electrons. The Bertz CT molecular complexity index is 135. The molecule has 1 unspecified atom stereocenters. The third-order valence-corrected chi connectivity index (χ3v) is 3.72. The molecular weight excluding hydrogens is 172 g/mol. The fourth-order valence-electron chi connectivity index (χ4n) is 2.58. The van der Waals surface area contributed by atoms with Crippen molar-refractivity contribution in [1.82, 2.24) is 4.90 Å². The Labute approximate surface area is 88.8 Å². The van der Waals surface area contributed by atoms with Gasteiger partial charge in [0.25, 0.3) is 0 Å². The van der Waals surface area contributed by atoms with Gasteiger partial charge in [0.05, 0.1) is 0 Å². The van der Waals surface area contributed by atoms with Crippen LogP contribution in [-0.2, 0) is 0 Å². The fraction of sp³-hybridized carbons (Fsp3) is 1.00. The normalized spacial score (nSPS) is 22.3. The van der Waals surface area contributed by atoms with Crippen LogP contribution in [-0.4, -0.2) is 30.6 Å². The van der Waals surface area contributed by atoms with Gasteiger partial charge in [-0.1, -0.05) is 32.6 Å². The Balaban J connectivity index is 2.43. The number of rotatable bonds is 4. The highest BCUT2D eigenvalue weighted by Gasteiger charge is 2.21. The minimum absolute atomic E-state index is 0.595. The lowest BCUT2D eigenvalue weighted by atomic mass is 10.0. The predicted octanol–water partition coefficient (Wildman–Crippen LogP) is 2.38. The molecule has 14 heavy (non-hydrogen) atoms. The highest BCUT2D eigenvalue weighted by Crippen LogP contribution is 2.22. The lowest BCUT2D eigenvalue weighted by Gasteiger charge is -2.33. The summed E-state index contributed by atoms with van der Waals surface area (Å²) < 4.78 is 0. The molecule has 0 saturated heterocycles. The Morgan fingerprint density at radius 2 is 1.79 bits per heavy atom. The minimum atomic E-state index is 0.595. The van der Waals surface area contributed by atoms with Crippen molar-refractivity contribution >= 4 is 0 Å². The molecule has 2 nitrogen and oxygen atoms in total. The first-order valence-corrected chi connectivity index (χ1v) is 6.21. The van der Waals surface area contributed by atoms with E-state index >= 15 is 0 Å². The van der Waals surface area contributed by atoms with Gasteiger partial charge in [-0.3, -0.25) is 4.90 Å². The summed E-state index contributed by atoms with van der Waals surface area (Å²) in [7, 11) is 2.26. The molecule has 0 aromatic carbocycles. The summed E-state index contributed by atoms with van der Waals surface area (Å²) in [4.78, 5) is 2.53. The molecule has 1 aliphatic rings. The molecule has 0 amide bonds. The zero-order valence-electron chi connectivity index (χ0n) is 9.84. The van der Waals surface area contributed by atoms with Gasteiger partial charge in [-0.15, -0.1) is 0 Å². The van der Waals surface area contributed by atoms with E-state index in [1.807, 2.05) is 0 Å². The molecule has 0 heterocycles. The van der Waals surface area contributed by atoms with E-state index in [1.54, 1.807) is 0 Å². The summed E-state index contributed by atoms with van der Waals surface area (Å²) in [5, 5.41) is 0. The summed E-state index contributed by atoms with van der Waals surface area (Å²) >= 11 is 0. The Hall–Kier alpha value is -0.0800. The van der Waals surface area contributed by atoms with E-state index < -0.39 is 0 Å². The van der Waals surface area contributed by atoms with Crippen LogP contribution in [0.4, 0.5) is 0 Å². The number of nitrogens with zero attached hydrogens (tertiary/aromatic N) is 1. The lowest BCUT2D eigenvalue weighted by molar-refractivity contribution is 0.157. The topological polar surface area (TPSA) is 29.3 Å². The molecule has 0 aromatic heterocycles. The van der Waals surface area contributed by atoms with E-state index in [2.05, 4.69) is 18.9 Å². The van der Waals surface area contributed by atoms with Gasteiger partial charge in [-0.2, -0.15) is 0 Å². The molecule has 2 N–H and O–H groups in total. The van der Waals surface area contributed by atoms with E-state index in [-0.39, 0.29) is 0 Å². The SMILES string of the molecule is CCC(CN)N(C)C1CCCCCC1. The summed E-state index contributed by atoms with van der Waals surface area (Å²) in [6, 6.07) is 1.39. The summed E-state index contributed by atoms with van der Waals surface area (Å²) in [5.74, 6) is 0. The van der Waals surface area contributed by atoms with Crippen LogP contribution in [0.3, 0.4) is 0 Å². The monoisotopic (exact) mass is 198 g/mol. The van der Waals surface area contributed by atoms with Gasteiger partial charge < -0.3 is 5.73 Å². The Morgan fingerprint density at radius 1 is 1.21 bits per heavy atom. The largest absolute Gasteiger partial charge is 0.329 e. The van der Waals surface area contributed by atoms with Gasteiger partial charge >= 0.3 is 0 Å². The third kappa shape index (κ3) is 3.25. The van der Waals surface area contributed by atoms with E-state index in [4.69, 9.17) is 5.73 Å². The Morgan fingerprint density at radius 3 is 2.21 bits per heavy atom. The first-order chi connectivity index (χ1) is 6.79. The molecule has 1 atom stereocenters. The molecule has 1 rings (SSSR count). The quantitative estimate of drug-likeness (QED) is 0.703. The van der Waals surface area contributed by atoms with Crippen LogP contribution < -0.4 is 5.73 Å². The lowest BCUT2D eigenvalue weighted by Crippen LogP contribution is -2.43. The third-order valence-electron chi connectivity index (χ3n) is 3.72. The molecule has 84 valence electrons. The van der Waals surface area contributed by atoms with Crippen molar-refractivity contribution in [2.24, 2.45) is 5.73 Å². The van der Waals surface area contributed by atoms with E-state index in [1.165, 1.54) is 44.9 Å². The van der Waals surface area contributed by atoms with E-state index in [0.717, 1.165) is 12.6 Å². The van der Waals surface area contributed by atoms with Gasteiger partial charge in [-0.25, -0.2) is 0 Å². The molecule has 0 aromatic rings. The molecule has 1 saturated carbocycles. The van der Waals surface area contributed by atoms with Gasteiger partial charge in [0, 0.05) is 18.6 Å². The van der Waals surface area contributed by atoms with Crippen molar-refractivity contribution in [2.45, 2.75) is 64.0 Å². The van der Waals surface area contributed by atoms with E-state index in [9.17, 15) is 0 Å². The smallest absolute Gasteiger partial charge is 0.0215 e. The molecule has 0 bridgehead atoms. The number of likely N-dealkylation sites (N-methyl/N-ethyl adjacent to an activating group) is 1. The van der Waals surface area contributed by atoms with Gasteiger partial charge in [0.2, 0.25) is 0 Å². The van der Waals surface area contributed by atoms with Gasteiger partial charge in [-0.05, 0) is 26.3 Å². The maximum Gasteiger partial charge on any atom is 0.0215 e. The summed E-state index contributed by atoms with van der Waals surface area (Å²) in [6.45, 7) is 3.05. The predicted molar refractivity (Wildman–Crippen MR) is 62.4 cm³/mol. The molecule has 0 aliphatic heterocycles. The number of hydrogen-bond acceptors (Lipinski definition) is 2. The van der Waals surface area contributed by atoms with Crippen LogP contribution in [0.1, 0.15) is 51.9 Å². The van der Waals surface area contributed by atoms with Crippen LogP contribution in [0, 0.1) is 0 Å². The van der Waals surface area contributed by atoms with Crippen molar-refractivity contribution in [3.8, 4) is 0 Å². The highest BCUT2D eigenvalue weighted by atomic mass is 15.2. The highest BCUT2D eigenvalue weighted by molar-refractivity contribution is 4.78. The summed E-state index contributed by atoms with van der Waals surface area (Å²) in [5.41, 5.74) is 5.79. The maximum atomic E-state index is 5.79. The van der Waals surface area contributed by atoms with Crippen molar-refractivity contribution in [1.29, 1.82) is 0 Å². The van der Waals surface area contributed by atoms with Gasteiger partial charge in [0.1, 0.15) is 0 Å². The van der Waals surface area contributed by atoms with E-state index in [0.29, 0.717) is 6.04 Å². The Kier molecular flexibility index (Phi) is 5.49. The van der Waals surface area contributed by atoms with Crippen LogP contribution in [0.15, 0.2) is 0 Å². The van der Waals surface area contributed by atoms with Crippen molar-refractivity contribution in [3.05, 3.63) is 0 Å². The second-order valence-corrected chi connectivity index (χ2v) is 4.61. The van der Waals surface area contributed by atoms with Crippen molar-refractivity contribution in [2.75, 3.05) is 13.6 Å². The second kappa shape index (κ2) is 6.41. The summed E-state index contributed by atoms with van der Waals surface area (Å²) in [6.07, 6.45) is 9.64. The average Bonchev–Trinajstić information content (AvgIpc) is 2.47. The average molecular weight is 198 g/mol. The van der Waals surface area contributed by atoms with Crippen LogP contribution >= 0.6 is 0 Å².